The number of carboxylic acids is 1. The van der Waals surface area contributed by atoms with E-state index in [-0.39, 0.29) is 12.2 Å². The maximum atomic E-state index is 10.8. The van der Waals surface area contributed by atoms with E-state index in [1.54, 1.807) is 0 Å². The lowest BCUT2D eigenvalue weighted by Gasteiger charge is -1.99. The molecule has 1 N–H and O–H groups in total. The lowest BCUT2D eigenvalue weighted by molar-refractivity contribution is 0.0683. The fourth-order valence-corrected chi connectivity index (χ4v) is 1.27. The molecule has 0 aromatic carbocycles. The van der Waals surface area contributed by atoms with Crippen LogP contribution in [0.25, 0.3) is 0 Å². The van der Waals surface area contributed by atoms with Gasteiger partial charge in [0.15, 0.2) is 5.82 Å². The zero-order valence-electron chi connectivity index (χ0n) is 8.62. The van der Waals surface area contributed by atoms with Crippen LogP contribution in [0.15, 0.2) is 16.8 Å². The molecule has 2 rings (SSSR count). The second kappa shape index (κ2) is 4.13. The van der Waals surface area contributed by atoms with E-state index in [1.165, 1.54) is 16.9 Å². The Labute approximate surface area is 90.7 Å². The summed E-state index contributed by atoms with van der Waals surface area (Å²) in [6, 6.07) is 1.42. The van der Waals surface area contributed by atoms with Crippen LogP contribution in [0.3, 0.4) is 0 Å². The van der Waals surface area contributed by atoms with Gasteiger partial charge in [0.1, 0.15) is 12.2 Å². The number of nitrogens with zero attached hydrogens (tertiary/aromatic N) is 4. The Hall–Kier alpha value is -2.18. The van der Waals surface area contributed by atoms with Gasteiger partial charge in [-0.25, -0.2) is 9.48 Å². The summed E-state index contributed by atoms with van der Waals surface area (Å²) < 4.78 is 6.25. The van der Waals surface area contributed by atoms with Crippen LogP contribution in [0, 0.1) is 0 Å². The van der Waals surface area contributed by atoms with Gasteiger partial charge in [0, 0.05) is 12.6 Å². The maximum absolute atomic E-state index is 10.8. The second-order valence-electron chi connectivity index (χ2n) is 3.14. The zero-order chi connectivity index (χ0) is 11.5. The van der Waals surface area contributed by atoms with Gasteiger partial charge in [-0.1, -0.05) is 12.1 Å². The normalized spacial score (nSPS) is 10.6. The van der Waals surface area contributed by atoms with E-state index in [2.05, 4.69) is 15.2 Å². The lowest BCUT2D eigenvalue weighted by atomic mass is 10.4. The number of aryl methyl sites for hydroxylation is 1. The Morgan fingerprint density at radius 3 is 3.06 bits per heavy atom. The minimum Gasteiger partial charge on any atom is -0.477 e. The molecule has 2 heterocycles. The molecule has 84 valence electrons. The summed E-state index contributed by atoms with van der Waals surface area (Å²) in [5.74, 6) is -0.0881. The molecule has 7 heteroatoms. The second-order valence-corrected chi connectivity index (χ2v) is 3.14. The topological polar surface area (TPSA) is 94.0 Å². The number of hydrogen-bond donors (Lipinski definition) is 1. The Balaban J connectivity index is 2.20. The van der Waals surface area contributed by atoms with Gasteiger partial charge in [-0.3, -0.25) is 0 Å². The van der Waals surface area contributed by atoms with Gasteiger partial charge in [-0.2, -0.15) is 10.1 Å². The molecule has 0 fully saturated rings. The number of aromatic nitrogens is 4. The first-order chi connectivity index (χ1) is 7.70. The van der Waals surface area contributed by atoms with E-state index in [9.17, 15) is 4.79 Å². The minimum absolute atomic E-state index is 0.0937. The SMILES string of the molecule is CCc1noc(Cn2nccc2C(=O)O)n1. The Bertz CT molecular complexity index is 502. The largest absolute Gasteiger partial charge is 0.477 e. The third kappa shape index (κ3) is 1.92. The summed E-state index contributed by atoms with van der Waals surface area (Å²) in [5.41, 5.74) is 0.0937. The summed E-state index contributed by atoms with van der Waals surface area (Å²) in [5, 5.41) is 16.4. The van der Waals surface area contributed by atoms with E-state index in [1.807, 2.05) is 6.92 Å². The molecule has 0 saturated carbocycles. The molecule has 0 atom stereocenters. The first kappa shape index (κ1) is 10.3. The highest BCUT2D eigenvalue weighted by molar-refractivity contribution is 5.85. The van der Waals surface area contributed by atoms with Crippen molar-refractivity contribution in [3.05, 3.63) is 29.7 Å². The molecule has 0 aliphatic carbocycles. The van der Waals surface area contributed by atoms with Crippen molar-refractivity contribution >= 4 is 5.97 Å². The highest BCUT2D eigenvalue weighted by Crippen LogP contribution is 2.04. The fourth-order valence-electron chi connectivity index (χ4n) is 1.27. The number of aromatic carboxylic acids is 1. The van der Waals surface area contributed by atoms with E-state index >= 15 is 0 Å². The smallest absolute Gasteiger partial charge is 0.354 e. The first-order valence-electron chi connectivity index (χ1n) is 4.77. The standard InChI is InChI=1S/C9H10N4O3/c1-2-7-11-8(16-12-7)5-13-6(9(14)15)3-4-10-13/h3-4H,2,5H2,1H3,(H,14,15). The average Bonchev–Trinajstić information content (AvgIpc) is 2.87. The Morgan fingerprint density at radius 1 is 1.62 bits per heavy atom. The van der Waals surface area contributed by atoms with E-state index < -0.39 is 5.97 Å². The van der Waals surface area contributed by atoms with Gasteiger partial charge in [0.2, 0.25) is 5.89 Å². The monoisotopic (exact) mass is 222 g/mol. The fraction of sp³-hybridized carbons (Fsp3) is 0.333. The van der Waals surface area contributed by atoms with Crippen molar-refractivity contribution in [2.24, 2.45) is 0 Å². The van der Waals surface area contributed by atoms with Crippen molar-refractivity contribution in [1.29, 1.82) is 0 Å². The number of rotatable bonds is 4. The zero-order valence-corrected chi connectivity index (χ0v) is 8.62. The van der Waals surface area contributed by atoms with Crippen LogP contribution >= 0.6 is 0 Å². The van der Waals surface area contributed by atoms with Gasteiger partial charge in [-0.15, -0.1) is 0 Å². The highest BCUT2D eigenvalue weighted by atomic mass is 16.5. The van der Waals surface area contributed by atoms with Gasteiger partial charge >= 0.3 is 5.97 Å². The van der Waals surface area contributed by atoms with E-state index in [0.717, 1.165) is 0 Å². The van der Waals surface area contributed by atoms with Crippen molar-refractivity contribution in [2.45, 2.75) is 19.9 Å². The van der Waals surface area contributed by atoms with Crippen LogP contribution in [-0.2, 0) is 13.0 Å². The van der Waals surface area contributed by atoms with Crippen LogP contribution in [0.4, 0.5) is 0 Å². The third-order valence-electron chi connectivity index (χ3n) is 2.05. The van der Waals surface area contributed by atoms with Crippen LogP contribution in [0.1, 0.15) is 29.1 Å². The molecule has 0 aliphatic heterocycles. The van der Waals surface area contributed by atoms with Crippen LogP contribution < -0.4 is 0 Å². The minimum atomic E-state index is -1.03. The van der Waals surface area contributed by atoms with Gasteiger partial charge in [0.25, 0.3) is 0 Å². The Morgan fingerprint density at radius 2 is 2.44 bits per heavy atom. The molecule has 7 nitrogen and oxygen atoms in total. The maximum Gasteiger partial charge on any atom is 0.354 e. The Kier molecular flexibility index (Phi) is 2.67. The molecule has 2 aromatic rings. The molecule has 0 saturated heterocycles. The predicted molar refractivity (Wildman–Crippen MR) is 52.0 cm³/mol. The van der Waals surface area contributed by atoms with E-state index in [0.29, 0.717) is 18.1 Å². The quantitative estimate of drug-likeness (QED) is 0.812. The molecule has 0 unspecified atom stereocenters. The molecule has 0 spiro atoms. The molecular formula is C9H10N4O3. The number of carboxylic acid groups (broad SMARTS) is 1. The number of hydrogen-bond acceptors (Lipinski definition) is 5. The van der Waals surface area contributed by atoms with Gasteiger partial charge < -0.3 is 9.63 Å². The lowest BCUT2D eigenvalue weighted by Crippen LogP contribution is -2.11. The molecule has 0 amide bonds. The molecule has 0 bridgehead atoms. The molecule has 2 aromatic heterocycles. The van der Waals surface area contributed by atoms with E-state index in [4.69, 9.17) is 9.63 Å². The summed E-state index contributed by atoms with van der Waals surface area (Å²) in [6.45, 7) is 2.08. The van der Waals surface area contributed by atoms with Crippen molar-refractivity contribution in [1.82, 2.24) is 19.9 Å². The van der Waals surface area contributed by atoms with Crippen molar-refractivity contribution in [2.75, 3.05) is 0 Å². The molecule has 0 aliphatic rings. The molecule has 16 heavy (non-hydrogen) atoms. The average molecular weight is 222 g/mol. The van der Waals surface area contributed by atoms with Gasteiger partial charge in [-0.05, 0) is 6.07 Å². The third-order valence-corrected chi connectivity index (χ3v) is 2.05. The predicted octanol–water partition coefficient (Wildman–Crippen LogP) is 0.575. The summed E-state index contributed by atoms with van der Waals surface area (Å²) in [6.07, 6.45) is 2.09. The van der Waals surface area contributed by atoms with Crippen LogP contribution in [0.5, 0.6) is 0 Å². The molecule has 0 radical (unpaired) electrons. The summed E-state index contributed by atoms with van der Waals surface area (Å²) in [4.78, 5) is 14.9. The van der Waals surface area contributed by atoms with Crippen molar-refractivity contribution in [3.63, 3.8) is 0 Å². The summed E-state index contributed by atoms with van der Waals surface area (Å²) >= 11 is 0. The van der Waals surface area contributed by atoms with Gasteiger partial charge in [0.05, 0.1) is 0 Å². The highest BCUT2D eigenvalue weighted by Gasteiger charge is 2.13. The number of carbonyl (C=O) groups is 1. The van der Waals surface area contributed by atoms with Crippen LogP contribution in [-0.4, -0.2) is 31.0 Å². The van der Waals surface area contributed by atoms with Crippen molar-refractivity contribution in [3.8, 4) is 0 Å². The first-order valence-corrected chi connectivity index (χ1v) is 4.77. The van der Waals surface area contributed by atoms with Crippen molar-refractivity contribution < 1.29 is 14.4 Å². The molecular weight excluding hydrogens is 212 g/mol. The van der Waals surface area contributed by atoms with Crippen LogP contribution in [0.2, 0.25) is 0 Å². The summed E-state index contributed by atoms with van der Waals surface area (Å²) in [7, 11) is 0.